The third-order valence-electron chi connectivity index (χ3n) is 14.3. The van der Waals surface area contributed by atoms with Crippen molar-refractivity contribution in [3.05, 3.63) is 273 Å². The van der Waals surface area contributed by atoms with E-state index in [-0.39, 0.29) is 0 Å². The maximum atomic E-state index is 2.55. The molecule has 0 aliphatic heterocycles. The Labute approximate surface area is 422 Å². The maximum Gasteiger partial charge on any atom is 0.0568 e. The minimum atomic E-state index is 1.09. The SMILES string of the molecule is c1ccc(-c2ccc(N(c3ccccc3)c3cc4c(c5ccccc35)c3c5ccccc5c(N(c5ccccc5)c5ccc(-c6ccccc6)cc5)cc3n4-c3ccc4sc5ccccc5c4c3)cc2)cc1. The molecule has 0 radical (unpaired) electrons. The maximum absolute atomic E-state index is 2.55. The minimum absolute atomic E-state index is 1.09. The Morgan fingerprint density at radius 3 is 1.10 bits per heavy atom. The third kappa shape index (κ3) is 6.95. The molecule has 0 unspecified atom stereocenters. The average molecular weight is 936 g/mol. The first kappa shape index (κ1) is 41.7. The standard InChI is InChI=1S/C68H45N3S/c1-5-19-46(20-6-1)48-33-37-52(38-34-48)69(50-23-9-3-10-24-50)61-44-63-67(58-30-15-13-27-55(58)61)68-59-31-16-14-28-56(59)62(45-64(68)71(63)54-41-42-66-60(43-54)57-29-17-18-32-65(57)72-66)70(51-25-11-4-12-26-51)53-39-35-49(36-40-53)47-21-7-2-8-22-47/h1-45H. The van der Waals surface area contributed by atoms with Gasteiger partial charge >= 0.3 is 0 Å². The summed E-state index contributed by atoms with van der Waals surface area (Å²) < 4.78 is 5.12. The second-order valence-corrected chi connectivity index (χ2v) is 19.5. The summed E-state index contributed by atoms with van der Waals surface area (Å²) in [5.41, 5.74) is 14.7. The van der Waals surface area contributed by atoms with Crippen molar-refractivity contribution in [3.63, 3.8) is 0 Å². The van der Waals surface area contributed by atoms with Crippen LogP contribution in [-0.2, 0) is 0 Å². The molecule has 14 aromatic rings. The zero-order valence-corrected chi connectivity index (χ0v) is 40.0. The van der Waals surface area contributed by atoms with Crippen LogP contribution in [0.25, 0.3) is 91.5 Å². The largest absolute Gasteiger partial charge is 0.310 e. The molecule has 12 aromatic carbocycles. The molecule has 0 saturated carbocycles. The Bertz CT molecular complexity index is 4070. The van der Waals surface area contributed by atoms with E-state index in [2.05, 4.69) is 287 Å². The molecule has 0 amide bonds. The highest BCUT2D eigenvalue weighted by Gasteiger charge is 2.26. The van der Waals surface area contributed by atoms with Gasteiger partial charge in [0.25, 0.3) is 0 Å². The zero-order valence-electron chi connectivity index (χ0n) is 39.2. The topological polar surface area (TPSA) is 11.4 Å². The quantitative estimate of drug-likeness (QED) is 0.143. The molecule has 14 rings (SSSR count). The molecule has 3 nitrogen and oxygen atoms in total. The average Bonchev–Trinajstić information content (AvgIpc) is 4.00. The molecule has 0 saturated heterocycles. The van der Waals surface area contributed by atoms with Crippen LogP contribution in [0.15, 0.2) is 273 Å². The van der Waals surface area contributed by atoms with Gasteiger partial charge in [0.1, 0.15) is 0 Å². The molecule has 0 atom stereocenters. The molecule has 72 heavy (non-hydrogen) atoms. The molecule has 0 bridgehead atoms. The predicted molar refractivity (Wildman–Crippen MR) is 309 cm³/mol. The van der Waals surface area contributed by atoms with E-state index in [0.717, 1.165) is 50.8 Å². The van der Waals surface area contributed by atoms with Crippen LogP contribution >= 0.6 is 11.3 Å². The summed E-state index contributed by atoms with van der Waals surface area (Å²) >= 11 is 1.86. The summed E-state index contributed by atoms with van der Waals surface area (Å²) in [4.78, 5) is 4.88. The second-order valence-electron chi connectivity index (χ2n) is 18.5. The Kier molecular flexibility index (Phi) is 10.0. The van der Waals surface area contributed by atoms with E-state index in [1.54, 1.807) is 0 Å². The molecule has 0 aliphatic carbocycles. The predicted octanol–water partition coefficient (Wildman–Crippen LogP) is 19.7. The number of nitrogens with zero attached hydrogens (tertiary/aromatic N) is 3. The van der Waals surface area contributed by atoms with E-state index in [9.17, 15) is 0 Å². The monoisotopic (exact) mass is 935 g/mol. The van der Waals surface area contributed by atoms with Gasteiger partial charge < -0.3 is 14.4 Å². The zero-order chi connectivity index (χ0) is 47.5. The first-order valence-electron chi connectivity index (χ1n) is 24.6. The van der Waals surface area contributed by atoms with Crippen LogP contribution in [0.3, 0.4) is 0 Å². The minimum Gasteiger partial charge on any atom is -0.310 e. The van der Waals surface area contributed by atoms with Crippen LogP contribution in [0.4, 0.5) is 34.1 Å². The van der Waals surface area contributed by atoms with Gasteiger partial charge in [0.05, 0.1) is 22.4 Å². The van der Waals surface area contributed by atoms with Gasteiger partial charge in [-0.3, -0.25) is 0 Å². The fraction of sp³-hybridized carbons (Fsp3) is 0. The molecule has 0 spiro atoms. The van der Waals surface area contributed by atoms with Crippen molar-refractivity contribution in [1.82, 2.24) is 4.57 Å². The lowest BCUT2D eigenvalue weighted by atomic mass is 9.96. The number of hydrogen-bond donors (Lipinski definition) is 0. The molecule has 0 N–H and O–H groups in total. The Balaban J connectivity index is 1.09. The molecular formula is C68H45N3S. The van der Waals surface area contributed by atoms with Gasteiger partial charge in [0, 0.05) is 70.2 Å². The van der Waals surface area contributed by atoms with E-state index in [0.29, 0.717) is 0 Å². The number of thiophene rings is 1. The van der Waals surface area contributed by atoms with E-state index >= 15 is 0 Å². The Morgan fingerprint density at radius 2 is 0.625 bits per heavy atom. The summed E-state index contributed by atoms with van der Waals surface area (Å²) in [6.07, 6.45) is 0. The van der Waals surface area contributed by atoms with E-state index in [1.165, 1.54) is 74.7 Å². The highest BCUT2D eigenvalue weighted by Crippen LogP contribution is 2.50. The number of fused-ring (bicyclic) bond motifs is 10. The highest BCUT2D eigenvalue weighted by atomic mass is 32.1. The number of rotatable bonds is 9. The summed E-state index contributed by atoms with van der Waals surface area (Å²) in [7, 11) is 0. The van der Waals surface area contributed by atoms with Crippen molar-refractivity contribution in [2.75, 3.05) is 9.80 Å². The lowest BCUT2D eigenvalue weighted by Gasteiger charge is -2.27. The van der Waals surface area contributed by atoms with Crippen LogP contribution in [0, 0.1) is 0 Å². The van der Waals surface area contributed by atoms with Gasteiger partial charge in [-0.1, -0.05) is 188 Å². The van der Waals surface area contributed by atoms with Crippen LogP contribution in [-0.4, -0.2) is 4.57 Å². The fourth-order valence-electron chi connectivity index (χ4n) is 11.1. The lowest BCUT2D eigenvalue weighted by molar-refractivity contribution is 1.18. The van der Waals surface area contributed by atoms with Gasteiger partial charge in [0.2, 0.25) is 0 Å². The Morgan fingerprint density at radius 1 is 0.264 bits per heavy atom. The summed E-state index contributed by atoms with van der Waals surface area (Å²) in [5.74, 6) is 0. The van der Waals surface area contributed by atoms with Gasteiger partial charge in [-0.25, -0.2) is 0 Å². The van der Waals surface area contributed by atoms with E-state index in [1.807, 2.05) is 11.3 Å². The van der Waals surface area contributed by atoms with E-state index < -0.39 is 0 Å². The molecule has 0 fully saturated rings. The lowest BCUT2D eigenvalue weighted by Crippen LogP contribution is -2.11. The number of anilines is 6. The summed E-state index contributed by atoms with van der Waals surface area (Å²) in [5, 5.41) is 9.76. The molecule has 2 heterocycles. The van der Waals surface area contributed by atoms with Crippen LogP contribution in [0.1, 0.15) is 0 Å². The normalized spacial score (nSPS) is 11.6. The van der Waals surface area contributed by atoms with Gasteiger partial charge in [0.15, 0.2) is 0 Å². The van der Waals surface area contributed by atoms with Crippen LogP contribution in [0.2, 0.25) is 0 Å². The van der Waals surface area contributed by atoms with Crippen molar-refractivity contribution in [2.45, 2.75) is 0 Å². The van der Waals surface area contributed by atoms with Crippen LogP contribution < -0.4 is 9.80 Å². The number of hydrogen-bond acceptors (Lipinski definition) is 3. The van der Waals surface area contributed by atoms with Crippen molar-refractivity contribution in [2.24, 2.45) is 0 Å². The third-order valence-corrected chi connectivity index (χ3v) is 15.5. The van der Waals surface area contributed by atoms with Crippen molar-refractivity contribution >= 4 is 109 Å². The Hall–Kier alpha value is -9.22. The van der Waals surface area contributed by atoms with Crippen molar-refractivity contribution < 1.29 is 0 Å². The van der Waals surface area contributed by atoms with E-state index in [4.69, 9.17) is 0 Å². The molecular weight excluding hydrogens is 891 g/mol. The number of para-hydroxylation sites is 2. The van der Waals surface area contributed by atoms with Crippen molar-refractivity contribution in [3.8, 4) is 27.9 Å². The first-order chi connectivity index (χ1) is 35.7. The summed E-state index contributed by atoms with van der Waals surface area (Å²) in [6, 6.07) is 99.8. The van der Waals surface area contributed by atoms with Crippen molar-refractivity contribution in [1.29, 1.82) is 0 Å². The molecule has 2 aromatic heterocycles. The molecule has 0 aliphatic rings. The first-order valence-corrected chi connectivity index (χ1v) is 25.4. The van der Waals surface area contributed by atoms with Gasteiger partial charge in [-0.05, 0) is 118 Å². The second kappa shape index (κ2) is 17.3. The molecule has 4 heteroatoms. The van der Waals surface area contributed by atoms with Crippen LogP contribution in [0.5, 0.6) is 0 Å². The fourth-order valence-corrected chi connectivity index (χ4v) is 12.2. The summed E-state index contributed by atoms with van der Waals surface area (Å²) in [6.45, 7) is 0. The number of benzene rings is 12. The number of aromatic nitrogens is 1. The van der Waals surface area contributed by atoms with Gasteiger partial charge in [-0.2, -0.15) is 0 Å². The van der Waals surface area contributed by atoms with Gasteiger partial charge in [-0.15, -0.1) is 11.3 Å². The smallest absolute Gasteiger partial charge is 0.0568 e. The molecule has 338 valence electrons. The highest BCUT2D eigenvalue weighted by molar-refractivity contribution is 7.25.